The van der Waals surface area contributed by atoms with E-state index in [2.05, 4.69) is 16.8 Å². The monoisotopic (exact) mass is 341 g/mol. The Labute approximate surface area is 154 Å². The van der Waals surface area contributed by atoms with E-state index in [-0.39, 0.29) is 15.5 Å². The Bertz CT molecular complexity index is 941. The van der Waals surface area contributed by atoms with Gasteiger partial charge in [-0.1, -0.05) is 12.8 Å². The Kier molecular flexibility index (Phi) is 3.09. The van der Waals surface area contributed by atoms with Gasteiger partial charge in [-0.2, -0.15) is 0 Å². The van der Waals surface area contributed by atoms with Crippen LogP contribution in [0.1, 0.15) is 50.8 Å². The number of piperazine rings is 1. The summed E-state index contributed by atoms with van der Waals surface area (Å²) in [6, 6.07) is 0.906. The summed E-state index contributed by atoms with van der Waals surface area (Å²) in [4.78, 5) is 16.2. The molecule has 1 fully saturated rings. The summed E-state index contributed by atoms with van der Waals surface area (Å²) < 4.78 is 86.2. The molecule has 2 heterocycles. The Morgan fingerprint density at radius 1 is 1.42 bits per heavy atom. The van der Waals surface area contributed by atoms with Crippen LogP contribution in [0.3, 0.4) is 0 Å². The van der Waals surface area contributed by atoms with Crippen molar-refractivity contribution in [1.29, 1.82) is 0 Å². The van der Waals surface area contributed by atoms with Crippen molar-refractivity contribution in [3.8, 4) is 11.8 Å². The van der Waals surface area contributed by atoms with Gasteiger partial charge in [0.05, 0.1) is 22.9 Å². The normalized spacial score (nSPS) is 28.2. The molecule has 2 rings (SSSR count). The molecular formula is C18H24FN3O2. The predicted molar refractivity (Wildman–Crippen MR) is 91.4 cm³/mol. The number of ether oxygens (including phenoxy) is 1. The fourth-order valence-electron chi connectivity index (χ4n) is 1.62. The van der Waals surface area contributed by atoms with Crippen molar-refractivity contribution in [2.45, 2.75) is 39.7 Å². The van der Waals surface area contributed by atoms with Crippen LogP contribution in [0.25, 0.3) is 0 Å². The molecule has 130 valence electrons. The van der Waals surface area contributed by atoms with Crippen LogP contribution in [0, 0.1) is 17.7 Å². The largest absolute Gasteiger partial charge is 0.444 e. The Morgan fingerprint density at radius 2 is 2.08 bits per heavy atom. The third-order valence-electron chi connectivity index (χ3n) is 2.59. The topological polar surface area (TPSA) is 45.7 Å². The number of aromatic nitrogens is 1. The van der Waals surface area contributed by atoms with Crippen molar-refractivity contribution in [2.75, 3.05) is 30.9 Å². The fourth-order valence-corrected chi connectivity index (χ4v) is 1.62. The molecule has 6 heteroatoms. The van der Waals surface area contributed by atoms with Gasteiger partial charge in [0.25, 0.3) is 0 Å². The number of amides is 1. The van der Waals surface area contributed by atoms with Gasteiger partial charge in [-0.15, -0.1) is 0 Å². The molecule has 1 saturated heterocycles. The summed E-state index contributed by atoms with van der Waals surface area (Å²) in [5, 5.41) is 0. The molecule has 5 nitrogen and oxygen atoms in total. The third kappa shape index (κ3) is 4.85. The maximum Gasteiger partial charge on any atom is 0.410 e. The van der Waals surface area contributed by atoms with Crippen molar-refractivity contribution < 1.29 is 24.9 Å². The van der Waals surface area contributed by atoms with Crippen LogP contribution in [-0.4, -0.2) is 47.6 Å². The molecule has 0 atom stereocenters. The lowest BCUT2D eigenvalue weighted by atomic mass is 10.2. The van der Waals surface area contributed by atoms with E-state index in [1.165, 1.54) is 20.8 Å². The molecule has 1 aliphatic rings. The van der Waals surface area contributed by atoms with Crippen molar-refractivity contribution in [3.05, 3.63) is 23.8 Å². The van der Waals surface area contributed by atoms with Crippen molar-refractivity contribution >= 4 is 11.8 Å². The molecule has 0 spiro atoms. The van der Waals surface area contributed by atoms with E-state index in [4.69, 9.17) is 15.7 Å². The Hall–Kier alpha value is -2.29. The number of hydrogen-bond acceptors (Lipinski definition) is 4. The highest BCUT2D eigenvalue weighted by Crippen LogP contribution is 2.21. The molecule has 1 aromatic rings. The van der Waals surface area contributed by atoms with E-state index in [1.807, 2.05) is 0 Å². The second kappa shape index (κ2) is 7.52. The summed E-state index contributed by atoms with van der Waals surface area (Å²) >= 11 is 0. The maximum absolute atomic E-state index is 14.7. The Balaban J connectivity index is 2.77. The molecule has 0 unspecified atom stereocenters. The van der Waals surface area contributed by atoms with Crippen LogP contribution in [0.2, 0.25) is 0 Å². The molecular weight excluding hydrogens is 309 g/mol. The SMILES string of the molecule is [2H]C1([2H])N(C(=O)OC(C)(C)C)C([2H])([2H])C([2H])([2H])N(c2cc(C#CCC)ncc2F)C1([2H])[2H]. The summed E-state index contributed by atoms with van der Waals surface area (Å²) in [5.74, 6) is 4.03. The summed E-state index contributed by atoms with van der Waals surface area (Å²) in [5.41, 5.74) is -2.05. The average molecular weight is 341 g/mol. The standard InChI is InChI=1S/C18H24FN3O2/c1-5-6-7-14-12-16(15(19)13-20-14)21-8-10-22(11-9-21)17(23)24-18(2,3)4/h12-13H,5,8-11H2,1-4H3/i8D2,9D2,10D2,11D2. The first-order valence-corrected chi connectivity index (χ1v) is 7.30. The quantitative estimate of drug-likeness (QED) is 0.737. The number of anilines is 1. The zero-order chi connectivity index (χ0) is 24.9. The van der Waals surface area contributed by atoms with Gasteiger partial charge >= 0.3 is 6.09 Å². The van der Waals surface area contributed by atoms with Crippen LogP contribution in [0.4, 0.5) is 14.9 Å². The molecule has 1 aromatic heterocycles. The molecule has 0 saturated carbocycles. The number of rotatable bonds is 1. The van der Waals surface area contributed by atoms with Crippen molar-refractivity contribution in [2.24, 2.45) is 0 Å². The van der Waals surface area contributed by atoms with Crippen LogP contribution < -0.4 is 4.90 Å². The van der Waals surface area contributed by atoms with E-state index in [0.29, 0.717) is 12.6 Å². The highest BCUT2D eigenvalue weighted by atomic mass is 19.1. The molecule has 0 bridgehead atoms. The molecule has 0 aromatic carbocycles. The van der Waals surface area contributed by atoms with Gasteiger partial charge in [0.1, 0.15) is 11.3 Å². The second-order valence-corrected chi connectivity index (χ2v) is 5.77. The van der Waals surface area contributed by atoms with E-state index < -0.39 is 49.2 Å². The van der Waals surface area contributed by atoms with Crippen LogP contribution in [-0.2, 0) is 4.74 Å². The lowest BCUT2D eigenvalue weighted by molar-refractivity contribution is 0.0240. The minimum Gasteiger partial charge on any atom is -0.444 e. The molecule has 1 amide bonds. The molecule has 0 aliphatic carbocycles. The number of halogens is 1. The minimum absolute atomic E-state index is 0.00894. The Morgan fingerprint density at radius 3 is 2.67 bits per heavy atom. The second-order valence-electron chi connectivity index (χ2n) is 5.77. The summed E-state index contributed by atoms with van der Waals surface area (Å²) in [7, 11) is 0. The smallest absolute Gasteiger partial charge is 0.410 e. The zero-order valence-electron chi connectivity index (χ0n) is 21.9. The third-order valence-corrected chi connectivity index (χ3v) is 2.59. The number of pyridine rings is 1. The van der Waals surface area contributed by atoms with E-state index in [1.54, 1.807) is 6.92 Å². The van der Waals surface area contributed by atoms with E-state index in [0.717, 1.165) is 6.07 Å². The van der Waals surface area contributed by atoms with Crippen molar-refractivity contribution in [1.82, 2.24) is 9.88 Å². The highest BCUT2D eigenvalue weighted by molar-refractivity contribution is 5.68. The van der Waals surface area contributed by atoms with Crippen molar-refractivity contribution in [3.63, 3.8) is 0 Å². The average Bonchev–Trinajstić information content (AvgIpc) is 2.58. The predicted octanol–water partition coefficient (Wildman–Crippen LogP) is 3.04. The van der Waals surface area contributed by atoms with Gasteiger partial charge in [0, 0.05) is 32.4 Å². The lowest BCUT2D eigenvalue weighted by Gasteiger charge is -2.36. The van der Waals surface area contributed by atoms with Gasteiger partial charge < -0.3 is 14.5 Å². The minimum atomic E-state index is -3.49. The first-order chi connectivity index (χ1) is 14.3. The van der Waals surface area contributed by atoms with Gasteiger partial charge in [-0.25, -0.2) is 14.2 Å². The van der Waals surface area contributed by atoms with E-state index in [9.17, 15) is 9.18 Å². The molecule has 0 N–H and O–H groups in total. The van der Waals surface area contributed by atoms with Gasteiger partial charge in [0.2, 0.25) is 0 Å². The first kappa shape index (κ1) is 9.87. The molecule has 1 aliphatic heterocycles. The van der Waals surface area contributed by atoms with Gasteiger partial charge in [-0.05, 0) is 32.8 Å². The number of carbonyl (C=O) groups is 1. The molecule has 0 radical (unpaired) electrons. The molecule has 24 heavy (non-hydrogen) atoms. The van der Waals surface area contributed by atoms with Gasteiger partial charge in [0.15, 0.2) is 5.82 Å². The number of carbonyl (C=O) groups excluding carboxylic acids is 1. The first-order valence-electron chi connectivity index (χ1n) is 11.3. The van der Waals surface area contributed by atoms with Crippen LogP contribution in [0.15, 0.2) is 12.3 Å². The maximum atomic E-state index is 14.7. The number of hydrogen-bond donors (Lipinski definition) is 0. The summed E-state index contributed by atoms with van der Waals surface area (Å²) in [6.07, 6.45) is -0.521. The highest BCUT2D eigenvalue weighted by Gasteiger charge is 2.26. The van der Waals surface area contributed by atoms with Crippen LogP contribution in [0.5, 0.6) is 0 Å². The fraction of sp³-hybridized carbons (Fsp3) is 0.556. The zero-order valence-corrected chi connectivity index (χ0v) is 13.9. The van der Waals surface area contributed by atoms with E-state index >= 15 is 0 Å². The number of nitrogens with zero attached hydrogens (tertiary/aromatic N) is 3. The lowest BCUT2D eigenvalue weighted by Crippen LogP contribution is -2.50. The summed E-state index contributed by atoms with van der Waals surface area (Å²) in [6.45, 7) is -7.84. The van der Waals surface area contributed by atoms with Gasteiger partial charge in [-0.3, -0.25) is 0 Å². The van der Waals surface area contributed by atoms with Crippen LogP contribution >= 0.6 is 0 Å².